The molecule has 64 valence electrons. The molecule has 1 saturated carbocycles. The van der Waals surface area contributed by atoms with Gasteiger partial charge in [0.05, 0.1) is 0 Å². The third-order valence-electron chi connectivity index (χ3n) is 3.04. The van der Waals surface area contributed by atoms with E-state index in [1.807, 2.05) is 6.92 Å². The zero-order valence-electron chi connectivity index (χ0n) is 7.85. The van der Waals surface area contributed by atoms with Gasteiger partial charge in [0.25, 0.3) is 0 Å². The molecule has 11 heavy (non-hydrogen) atoms. The first-order valence-electron chi connectivity index (χ1n) is 4.53. The number of allylic oxidation sites excluding steroid dienone is 2. The Balaban J connectivity index is 2.37. The van der Waals surface area contributed by atoms with Crippen LogP contribution in [0.4, 0.5) is 0 Å². The van der Waals surface area contributed by atoms with Crippen molar-refractivity contribution in [3.8, 4) is 0 Å². The predicted molar refractivity (Wildman–Crippen MR) is 49.1 cm³/mol. The third-order valence-corrected chi connectivity index (χ3v) is 3.04. The second-order valence-electron chi connectivity index (χ2n) is 3.98. The van der Waals surface area contributed by atoms with Gasteiger partial charge in [-0.05, 0) is 38.5 Å². The molecular formula is C10H19N. The highest BCUT2D eigenvalue weighted by atomic mass is 14.6. The maximum absolute atomic E-state index is 5.69. The van der Waals surface area contributed by atoms with Crippen LogP contribution in [0.15, 0.2) is 11.3 Å². The molecular weight excluding hydrogens is 134 g/mol. The van der Waals surface area contributed by atoms with Gasteiger partial charge in [-0.1, -0.05) is 18.9 Å². The summed E-state index contributed by atoms with van der Waals surface area (Å²) in [5.74, 6) is 1.86. The molecule has 1 rings (SSSR count). The third kappa shape index (κ3) is 1.98. The lowest BCUT2D eigenvalue weighted by Gasteiger charge is -2.34. The second kappa shape index (κ2) is 3.29. The SMILES string of the molecule is C/C(N)=C(\C)CC1CCC1C. The first-order valence-corrected chi connectivity index (χ1v) is 4.53. The van der Waals surface area contributed by atoms with Crippen LogP contribution in [-0.2, 0) is 0 Å². The zero-order chi connectivity index (χ0) is 8.43. The Labute approximate surface area is 69.7 Å². The molecule has 1 heteroatoms. The van der Waals surface area contributed by atoms with Gasteiger partial charge in [0.2, 0.25) is 0 Å². The number of hydrogen-bond donors (Lipinski definition) is 1. The average molecular weight is 153 g/mol. The molecule has 0 heterocycles. The summed E-state index contributed by atoms with van der Waals surface area (Å²) in [4.78, 5) is 0. The fourth-order valence-corrected chi connectivity index (χ4v) is 1.59. The highest BCUT2D eigenvalue weighted by Gasteiger charge is 2.26. The summed E-state index contributed by atoms with van der Waals surface area (Å²) in [7, 11) is 0. The minimum Gasteiger partial charge on any atom is -0.402 e. The topological polar surface area (TPSA) is 26.0 Å². The molecule has 0 aromatic carbocycles. The summed E-state index contributed by atoms with van der Waals surface area (Å²) >= 11 is 0. The molecule has 0 bridgehead atoms. The standard InChI is InChI=1S/C10H19N/c1-7-4-5-10(7)6-8(2)9(3)11/h7,10H,4-6,11H2,1-3H3/b9-8-. The molecule has 0 amide bonds. The van der Waals surface area contributed by atoms with Gasteiger partial charge in [0, 0.05) is 5.70 Å². The number of rotatable bonds is 2. The van der Waals surface area contributed by atoms with E-state index in [1.165, 1.54) is 24.8 Å². The van der Waals surface area contributed by atoms with Gasteiger partial charge in [-0.25, -0.2) is 0 Å². The largest absolute Gasteiger partial charge is 0.402 e. The minimum absolute atomic E-state index is 0.925. The number of hydrogen-bond acceptors (Lipinski definition) is 1. The predicted octanol–water partition coefficient (Wildman–Crippen LogP) is 2.68. The van der Waals surface area contributed by atoms with Crippen molar-refractivity contribution < 1.29 is 0 Å². The summed E-state index contributed by atoms with van der Waals surface area (Å²) in [6.07, 6.45) is 4.05. The van der Waals surface area contributed by atoms with Crippen molar-refractivity contribution in [2.75, 3.05) is 0 Å². The van der Waals surface area contributed by atoms with E-state index >= 15 is 0 Å². The molecule has 0 aromatic rings. The Morgan fingerprint density at radius 2 is 2.00 bits per heavy atom. The maximum atomic E-state index is 5.69. The van der Waals surface area contributed by atoms with Crippen LogP contribution in [0.25, 0.3) is 0 Å². The lowest BCUT2D eigenvalue weighted by Crippen LogP contribution is -2.23. The molecule has 0 aliphatic heterocycles. The van der Waals surface area contributed by atoms with Crippen molar-refractivity contribution in [3.05, 3.63) is 11.3 Å². The van der Waals surface area contributed by atoms with Crippen LogP contribution in [0, 0.1) is 11.8 Å². The maximum Gasteiger partial charge on any atom is 0.00380 e. The summed E-state index contributed by atoms with van der Waals surface area (Å²) in [5, 5.41) is 0. The molecule has 2 atom stereocenters. The van der Waals surface area contributed by atoms with Crippen LogP contribution in [0.5, 0.6) is 0 Å². The molecule has 0 saturated heterocycles. The Kier molecular flexibility index (Phi) is 2.58. The molecule has 1 fully saturated rings. The van der Waals surface area contributed by atoms with Gasteiger partial charge < -0.3 is 5.73 Å². The van der Waals surface area contributed by atoms with Crippen molar-refractivity contribution >= 4 is 0 Å². The van der Waals surface area contributed by atoms with E-state index in [9.17, 15) is 0 Å². The highest BCUT2D eigenvalue weighted by Crippen LogP contribution is 2.38. The van der Waals surface area contributed by atoms with Crippen molar-refractivity contribution in [2.45, 2.75) is 40.0 Å². The fraction of sp³-hybridized carbons (Fsp3) is 0.800. The van der Waals surface area contributed by atoms with E-state index in [0.717, 1.165) is 17.5 Å². The summed E-state index contributed by atoms with van der Waals surface area (Å²) in [5.41, 5.74) is 8.10. The summed E-state index contributed by atoms with van der Waals surface area (Å²) in [6.45, 7) is 6.49. The normalized spacial score (nSPS) is 32.6. The van der Waals surface area contributed by atoms with Crippen LogP contribution >= 0.6 is 0 Å². The molecule has 2 unspecified atom stereocenters. The summed E-state index contributed by atoms with van der Waals surface area (Å²) < 4.78 is 0. The van der Waals surface area contributed by atoms with Gasteiger partial charge in [0.15, 0.2) is 0 Å². The Hall–Kier alpha value is -0.460. The van der Waals surface area contributed by atoms with E-state index in [-0.39, 0.29) is 0 Å². The van der Waals surface area contributed by atoms with Crippen LogP contribution in [0.2, 0.25) is 0 Å². The lowest BCUT2D eigenvalue weighted by atomic mass is 9.72. The smallest absolute Gasteiger partial charge is 0.00380 e. The average Bonchev–Trinajstić information content (AvgIpc) is 1.96. The number of nitrogens with two attached hydrogens (primary N) is 1. The molecule has 0 aromatic heterocycles. The molecule has 1 nitrogen and oxygen atoms in total. The molecule has 0 radical (unpaired) electrons. The fourth-order valence-electron chi connectivity index (χ4n) is 1.59. The summed E-state index contributed by atoms with van der Waals surface area (Å²) in [6, 6.07) is 0. The van der Waals surface area contributed by atoms with Crippen molar-refractivity contribution in [3.63, 3.8) is 0 Å². The van der Waals surface area contributed by atoms with Crippen molar-refractivity contribution in [1.82, 2.24) is 0 Å². The van der Waals surface area contributed by atoms with E-state index in [4.69, 9.17) is 5.73 Å². The van der Waals surface area contributed by atoms with Gasteiger partial charge >= 0.3 is 0 Å². The monoisotopic (exact) mass is 153 g/mol. The highest BCUT2D eigenvalue weighted by molar-refractivity contribution is 5.07. The Morgan fingerprint density at radius 1 is 1.36 bits per heavy atom. The van der Waals surface area contributed by atoms with Crippen molar-refractivity contribution in [1.29, 1.82) is 0 Å². The lowest BCUT2D eigenvalue weighted by molar-refractivity contribution is 0.195. The van der Waals surface area contributed by atoms with E-state index in [1.54, 1.807) is 0 Å². The second-order valence-corrected chi connectivity index (χ2v) is 3.98. The van der Waals surface area contributed by atoms with Crippen LogP contribution in [-0.4, -0.2) is 0 Å². The van der Waals surface area contributed by atoms with Gasteiger partial charge in [-0.15, -0.1) is 0 Å². The zero-order valence-corrected chi connectivity index (χ0v) is 7.85. The molecule has 0 spiro atoms. The minimum atomic E-state index is 0.925. The van der Waals surface area contributed by atoms with Gasteiger partial charge in [-0.2, -0.15) is 0 Å². The Morgan fingerprint density at radius 3 is 2.27 bits per heavy atom. The first-order chi connectivity index (χ1) is 5.11. The Bertz CT molecular complexity index is 166. The first kappa shape index (κ1) is 8.63. The van der Waals surface area contributed by atoms with Crippen molar-refractivity contribution in [2.24, 2.45) is 17.6 Å². The molecule has 1 aliphatic carbocycles. The van der Waals surface area contributed by atoms with Crippen LogP contribution in [0.3, 0.4) is 0 Å². The van der Waals surface area contributed by atoms with Crippen LogP contribution in [0.1, 0.15) is 40.0 Å². The van der Waals surface area contributed by atoms with Gasteiger partial charge in [0.1, 0.15) is 0 Å². The van der Waals surface area contributed by atoms with E-state index in [0.29, 0.717) is 0 Å². The van der Waals surface area contributed by atoms with Crippen LogP contribution < -0.4 is 5.73 Å². The van der Waals surface area contributed by atoms with E-state index in [2.05, 4.69) is 13.8 Å². The quantitative estimate of drug-likeness (QED) is 0.648. The molecule has 2 N–H and O–H groups in total. The van der Waals surface area contributed by atoms with E-state index < -0.39 is 0 Å². The van der Waals surface area contributed by atoms with Gasteiger partial charge in [-0.3, -0.25) is 0 Å². The molecule has 1 aliphatic rings.